The Morgan fingerprint density at radius 3 is 2.47 bits per heavy atom. The summed E-state index contributed by atoms with van der Waals surface area (Å²) in [7, 11) is 1.78. The molecule has 2 aliphatic rings. The van der Waals surface area contributed by atoms with Crippen molar-refractivity contribution in [2.45, 2.75) is 57.8 Å². The van der Waals surface area contributed by atoms with Crippen molar-refractivity contribution < 1.29 is 9.53 Å². The number of fused-ring (bicyclic) bond motifs is 2. The summed E-state index contributed by atoms with van der Waals surface area (Å²) in [5.74, 6) is 1.88. The Bertz CT molecular complexity index is 951. The third kappa shape index (κ3) is 5.74. The number of hydrogen-bond acceptors (Lipinski definition) is 3. The fraction of sp³-hybridized carbons (Fsp3) is 0.440. The van der Waals surface area contributed by atoms with Crippen LogP contribution in [0.1, 0.15) is 55.8 Å². The van der Waals surface area contributed by atoms with Gasteiger partial charge >= 0.3 is 0 Å². The molecule has 2 aromatic carbocycles. The third-order valence-corrected chi connectivity index (χ3v) is 5.96. The van der Waals surface area contributed by atoms with Crippen molar-refractivity contribution in [2.24, 2.45) is 4.99 Å². The highest BCUT2D eigenvalue weighted by atomic mass is 127. The normalized spacial score (nSPS) is 18.7. The van der Waals surface area contributed by atoms with Crippen LogP contribution in [-0.2, 0) is 17.9 Å². The maximum absolute atomic E-state index is 12.6. The Kier molecular flexibility index (Phi) is 8.03. The highest BCUT2D eigenvalue weighted by Crippen LogP contribution is 2.39. The van der Waals surface area contributed by atoms with Crippen molar-refractivity contribution in [3.8, 4) is 5.75 Å². The lowest BCUT2D eigenvalue weighted by Crippen LogP contribution is -2.45. The van der Waals surface area contributed by atoms with Crippen LogP contribution in [0.15, 0.2) is 53.5 Å². The number of rotatable bonds is 5. The zero-order chi connectivity index (χ0) is 21.8. The van der Waals surface area contributed by atoms with Crippen molar-refractivity contribution in [3.63, 3.8) is 0 Å². The summed E-state index contributed by atoms with van der Waals surface area (Å²) in [6, 6.07) is 16.6. The van der Waals surface area contributed by atoms with Crippen molar-refractivity contribution in [2.75, 3.05) is 13.6 Å². The standard InChI is InChI=1S/C25H32N4O2.HI/c1-25(2)15-21(20-11-6-7-12-22(20)31-25)28-24(26-3)27-14-8-13-23(30)29-16-18-9-4-5-10-19(18)17-29;/h4-7,9-12,21H,8,13-17H2,1-3H3,(H2,26,27,28);1H. The number of aliphatic imine (C=N–C) groups is 1. The molecule has 0 fully saturated rings. The van der Waals surface area contributed by atoms with Crippen LogP contribution in [0.4, 0.5) is 0 Å². The van der Waals surface area contributed by atoms with Gasteiger partial charge in [0, 0.05) is 45.1 Å². The van der Waals surface area contributed by atoms with Gasteiger partial charge in [-0.2, -0.15) is 0 Å². The highest BCUT2D eigenvalue weighted by Gasteiger charge is 2.34. The maximum atomic E-state index is 12.6. The number of hydrogen-bond donors (Lipinski definition) is 2. The Hall–Kier alpha value is -2.29. The Morgan fingerprint density at radius 1 is 1.12 bits per heavy atom. The first-order valence-corrected chi connectivity index (χ1v) is 11.0. The van der Waals surface area contributed by atoms with Gasteiger partial charge in [-0.05, 0) is 37.5 Å². The molecule has 7 heteroatoms. The van der Waals surface area contributed by atoms with Crippen molar-refractivity contribution in [1.29, 1.82) is 0 Å². The van der Waals surface area contributed by atoms with E-state index in [9.17, 15) is 4.79 Å². The Labute approximate surface area is 207 Å². The van der Waals surface area contributed by atoms with Gasteiger partial charge in [0.1, 0.15) is 11.4 Å². The SMILES string of the molecule is CN=C(NCCCC(=O)N1Cc2ccccc2C1)NC1CC(C)(C)Oc2ccccc21.I. The van der Waals surface area contributed by atoms with Crippen LogP contribution in [0.2, 0.25) is 0 Å². The quantitative estimate of drug-likeness (QED) is 0.252. The van der Waals surface area contributed by atoms with Crippen molar-refractivity contribution in [3.05, 3.63) is 65.2 Å². The summed E-state index contributed by atoms with van der Waals surface area (Å²) in [4.78, 5) is 18.9. The minimum absolute atomic E-state index is 0. The molecule has 172 valence electrons. The first-order chi connectivity index (χ1) is 14.9. The van der Waals surface area contributed by atoms with E-state index in [-0.39, 0.29) is 41.5 Å². The molecule has 0 spiro atoms. The molecule has 6 nitrogen and oxygen atoms in total. The molecule has 0 aromatic heterocycles. The molecule has 32 heavy (non-hydrogen) atoms. The number of carbonyl (C=O) groups excluding carboxylic acids is 1. The largest absolute Gasteiger partial charge is 0.487 e. The average Bonchev–Trinajstić information content (AvgIpc) is 3.19. The third-order valence-electron chi connectivity index (χ3n) is 5.96. The van der Waals surface area contributed by atoms with Crippen LogP contribution in [0.3, 0.4) is 0 Å². The molecule has 2 aliphatic heterocycles. The number of nitrogens with zero attached hydrogens (tertiary/aromatic N) is 2. The molecule has 0 saturated carbocycles. The molecule has 2 N–H and O–H groups in total. The number of halogens is 1. The molecule has 2 heterocycles. The second-order valence-corrected chi connectivity index (χ2v) is 8.92. The zero-order valence-electron chi connectivity index (χ0n) is 19.1. The smallest absolute Gasteiger partial charge is 0.223 e. The summed E-state index contributed by atoms with van der Waals surface area (Å²) in [6.07, 6.45) is 2.14. The average molecular weight is 548 g/mol. The summed E-state index contributed by atoms with van der Waals surface area (Å²) < 4.78 is 6.12. The number of ether oxygens (including phenoxy) is 1. The summed E-state index contributed by atoms with van der Waals surface area (Å²) >= 11 is 0. The van der Waals surface area contributed by atoms with Gasteiger partial charge < -0.3 is 20.3 Å². The lowest BCUT2D eigenvalue weighted by atomic mass is 9.90. The molecule has 1 atom stereocenters. The van der Waals surface area contributed by atoms with E-state index in [0.29, 0.717) is 13.0 Å². The zero-order valence-corrected chi connectivity index (χ0v) is 21.4. The van der Waals surface area contributed by atoms with Crippen LogP contribution in [0.25, 0.3) is 0 Å². The molecule has 0 bridgehead atoms. The van der Waals surface area contributed by atoms with Gasteiger partial charge in [0.15, 0.2) is 5.96 Å². The highest BCUT2D eigenvalue weighted by molar-refractivity contribution is 14.0. The molecule has 4 rings (SSSR count). The number of amides is 1. The van der Waals surface area contributed by atoms with Gasteiger partial charge in [-0.25, -0.2) is 0 Å². The number of nitrogens with one attached hydrogen (secondary N) is 2. The van der Waals surface area contributed by atoms with E-state index in [2.05, 4.69) is 47.7 Å². The Balaban J connectivity index is 0.00000289. The minimum Gasteiger partial charge on any atom is -0.487 e. The fourth-order valence-corrected chi connectivity index (χ4v) is 4.40. The van der Waals surface area contributed by atoms with Crippen LogP contribution in [0, 0.1) is 0 Å². The lowest BCUT2D eigenvalue weighted by Gasteiger charge is -2.38. The van der Waals surface area contributed by atoms with Crippen molar-refractivity contribution >= 4 is 35.8 Å². The fourth-order valence-electron chi connectivity index (χ4n) is 4.40. The van der Waals surface area contributed by atoms with E-state index in [1.165, 1.54) is 11.1 Å². The number of para-hydroxylation sites is 1. The van der Waals surface area contributed by atoms with Crippen LogP contribution < -0.4 is 15.4 Å². The van der Waals surface area contributed by atoms with Crippen molar-refractivity contribution in [1.82, 2.24) is 15.5 Å². The van der Waals surface area contributed by atoms with Crippen LogP contribution >= 0.6 is 24.0 Å². The minimum atomic E-state index is -0.245. The van der Waals surface area contributed by atoms with Gasteiger partial charge in [-0.15, -0.1) is 24.0 Å². The molecule has 0 radical (unpaired) electrons. The molecule has 2 aromatic rings. The van der Waals surface area contributed by atoms with E-state index < -0.39 is 0 Å². The topological polar surface area (TPSA) is 66.0 Å². The van der Waals surface area contributed by atoms with Crippen LogP contribution in [0.5, 0.6) is 5.75 Å². The van der Waals surface area contributed by atoms with Gasteiger partial charge in [0.2, 0.25) is 5.91 Å². The predicted molar refractivity (Wildman–Crippen MR) is 138 cm³/mol. The van der Waals surface area contributed by atoms with Crippen LogP contribution in [-0.4, -0.2) is 36.0 Å². The van der Waals surface area contributed by atoms with Gasteiger partial charge in [-0.1, -0.05) is 42.5 Å². The van der Waals surface area contributed by atoms with E-state index in [1.54, 1.807) is 7.05 Å². The maximum Gasteiger partial charge on any atom is 0.223 e. The van der Waals surface area contributed by atoms with Gasteiger partial charge in [0.25, 0.3) is 0 Å². The molecular weight excluding hydrogens is 515 g/mol. The predicted octanol–water partition coefficient (Wildman–Crippen LogP) is 4.39. The number of benzene rings is 2. The number of guanidine groups is 1. The van der Waals surface area contributed by atoms with E-state index in [4.69, 9.17) is 4.74 Å². The molecular formula is C25H33IN4O2. The number of carbonyl (C=O) groups is 1. The summed E-state index contributed by atoms with van der Waals surface area (Å²) in [6.45, 7) is 6.36. The van der Waals surface area contributed by atoms with Gasteiger partial charge in [0.05, 0.1) is 6.04 Å². The first-order valence-electron chi connectivity index (χ1n) is 11.0. The van der Waals surface area contributed by atoms with E-state index in [1.807, 2.05) is 35.2 Å². The van der Waals surface area contributed by atoms with E-state index in [0.717, 1.165) is 43.2 Å². The summed E-state index contributed by atoms with van der Waals surface area (Å²) in [5, 5.41) is 6.90. The monoisotopic (exact) mass is 548 g/mol. The Morgan fingerprint density at radius 2 is 1.78 bits per heavy atom. The second kappa shape index (κ2) is 10.6. The second-order valence-electron chi connectivity index (χ2n) is 8.92. The molecule has 0 aliphatic carbocycles. The first kappa shape index (κ1) is 24.4. The molecule has 0 saturated heterocycles. The molecule has 1 amide bonds. The molecule has 1 unspecified atom stereocenters. The lowest BCUT2D eigenvalue weighted by molar-refractivity contribution is -0.131. The van der Waals surface area contributed by atoms with E-state index >= 15 is 0 Å². The summed E-state index contributed by atoms with van der Waals surface area (Å²) in [5.41, 5.74) is 3.43. The van der Waals surface area contributed by atoms with Gasteiger partial charge in [-0.3, -0.25) is 9.79 Å².